The number of ether oxygens (including phenoxy) is 2. The highest BCUT2D eigenvalue weighted by atomic mass is 35.5. The van der Waals surface area contributed by atoms with Crippen LogP contribution in [0.25, 0.3) is 21.9 Å². The van der Waals surface area contributed by atoms with Crippen molar-refractivity contribution in [3.8, 4) is 5.75 Å². The predicted molar refractivity (Wildman–Crippen MR) is 110 cm³/mol. The molecule has 0 saturated heterocycles. The molecule has 3 rings (SSSR count). The molecule has 6 nitrogen and oxygen atoms in total. The maximum absolute atomic E-state index is 13.1. The molecule has 0 amide bonds. The van der Waals surface area contributed by atoms with Crippen molar-refractivity contribution in [1.82, 2.24) is 9.55 Å². The minimum absolute atomic E-state index is 0.101. The van der Waals surface area contributed by atoms with Crippen molar-refractivity contribution in [1.29, 1.82) is 0 Å². The molecule has 0 unspecified atom stereocenters. The number of carbonyl (C=O) groups excluding carboxylic acids is 1. The van der Waals surface area contributed by atoms with Crippen molar-refractivity contribution in [2.45, 2.75) is 40.2 Å². The van der Waals surface area contributed by atoms with E-state index >= 15 is 0 Å². The zero-order valence-electron chi connectivity index (χ0n) is 16.4. The normalized spacial score (nSPS) is 11.4. The van der Waals surface area contributed by atoms with E-state index in [1.54, 1.807) is 29.7 Å². The molecule has 0 aliphatic carbocycles. The van der Waals surface area contributed by atoms with Crippen molar-refractivity contribution in [2.24, 2.45) is 0 Å². The first-order chi connectivity index (χ1) is 13.4. The third-order valence-electron chi connectivity index (χ3n) is 4.47. The minimum atomic E-state index is -0.423. The van der Waals surface area contributed by atoms with Crippen molar-refractivity contribution in [2.75, 3.05) is 13.2 Å². The highest BCUT2D eigenvalue weighted by molar-refractivity contribution is 6.33. The summed E-state index contributed by atoms with van der Waals surface area (Å²) in [5.41, 5.74) is 1.52. The fourth-order valence-electron chi connectivity index (χ4n) is 3.19. The first kappa shape index (κ1) is 20.1. The molecule has 7 heteroatoms. The molecule has 2 aromatic heterocycles. The lowest BCUT2D eigenvalue weighted by Crippen LogP contribution is -2.20. The van der Waals surface area contributed by atoms with Crippen LogP contribution in [0.2, 0.25) is 5.02 Å². The number of hydrogen-bond acceptors (Lipinski definition) is 5. The molecule has 0 bridgehead atoms. The third-order valence-corrected chi connectivity index (χ3v) is 4.77. The number of esters is 1. The van der Waals surface area contributed by atoms with Gasteiger partial charge in [0.15, 0.2) is 11.2 Å². The van der Waals surface area contributed by atoms with Gasteiger partial charge in [0.1, 0.15) is 12.2 Å². The number of rotatable bonds is 6. The van der Waals surface area contributed by atoms with Gasteiger partial charge in [-0.3, -0.25) is 9.59 Å². The minimum Gasteiger partial charge on any atom is -0.490 e. The second-order valence-corrected chi connectivity index (χ2v) is 7.10. The molecule has 0 spiro atoms. The summed E-state index contributed by atoms with van der Waals surface area (Å²) in [6.45, 7) is 8.14. The molecule has 1 aromatic carbocycles. The summed E-state index contributed by atoms with van der Waals surface area (Å²) in [7, 11) is 0. The van der Waals surface area contributed by atoms with E-state index in [1.165, 1.54) is 0 Å². The molecule has 0 atom stereocenters. The van der Waals surface area contributed by atoms with Gasteiger partial charge < -0.3 is 14.0 Å². The van der Waals surface area contributed by atoms with E-state index in [4.69, 9.17) is 21.1 Å². The highest BCUT2D eigenvalue weighted by Crippen LogP contribution is 2.34. The molecule has 0 aliphatic rings. The number of fused-ring (bicyclic) bond motifs is 2. The third kappa shape index (κ3) is 3.56. The molecule has 0 fully saturated rings. The second kappa shape index (κ2) is 8.19. The van der Waals surface area contributed by atoms with Gasteiger partial charge in [-0.15, -0.1) is 0 Å². The summed E-state index contributed by atoms with van der Waals surface area (Å²) < 4.78 is 12.6. The Labute approximate surface area is 168 Å². The Bertz CT molecular complexity index is 1110. The van der Waals surface area contributed by atoms with Crippen molar-refractivity contribution >= 4 is 39.5 Å². The van der Waals surface area contributed by atoms with Crippen molar-refractivity contribution < 1.29 is 14.3 Å². The summed E-state index contributed by atoms with van der Waals surface area (Å²) in [4.78, 5) is 30.2. The van der Waals surface area contributed by atoms with Gasteiger partial charge in [0.05, 0.1) is 34.5 Å². The lowest BCUT2D eigenvalue weighted by molar-refractivity contribution is -0.143. The quantitative estimate of drug-likeness (QED) is 0.454. The number of halogens is 1. The first-order valence-electron chi connectivity index (χ1n) is 9.33. The van der Waals surface area contributed by atoms with Crippen LogP contribution >= 0.6 is 11.6 Å². The SMILES string of the molecule is CCOC(=O)Cn1c2nc(C(C)C)ccc2c(=O)c2ccc(Cl)c(OCC)c21. The fraction of sp³-hybridized carbons (Fsp3) is 0.381. The molecule has 0 aliphatic heterocycles. The number of pyridine rings is 2. The summed E-state index contributed by atoms with van der Waals surface area (Å²) in [6, 6.07) is 6.89. The maximum Gasteiger partial charge on any atom is 0.326 e. The lowest BCUT2D eigenvalue weighted by Gasteiger charge is -2.18. The standard InChI is InChI=1S/C21H23ClN2O4/c1-5-27-17(25)11-24-18-13(7-9-15(22)20(18)28-6-2)19(26)14-8-10-16(12(3)4)23-21(14)24/h7-10,12H,5-6,11H2,1-4H3. The number of nitrogens with zero attached hydrogens (tertiary/aromatic N) is 2. The molecule has 2 heterocycles. The van der Waals surface area contributed by atoms with Crippen LogP contribution in [0.5, 0.6) is 5.75 Å². The van der Waals surface area contributed by atoms with Gasteiger partial charge in [0.25, 0.3) is 0 Å². The van der Waals surface area contributed by atoms with E-state index in [0.717, 1.165) is 5.69 Å². The van der Waals surface area contributed by atoms with Crippen LogP contribution in [0.15, 0.2) is 29.1 Å². The van der Waals surface area contributed by atoms with Crippen LogP contribution < -0.4 is 10.2 Å². The Kier molecular flexibility index (Phi) is 5.89. The molecule has 148 valence electrons. The zero-order valence-corrected chi connectivity index (χ0v) is 17.2. The van der Waals surface area contributed by atoms with Crippen LogP contribution in [0.1, 0.15) is 39.3 Å². The average Bonchev–Trinajstić information content (AvgIpc) is 2.66. The van der Waals surface area contributed by atoms with Crippen LogP contribution in [0.3, 0.4) is 0 Å². The van der Waals surface area contributed by atoms with Crippen LogP contribution in [-0.2, 0) is 16.1 Å². The van der Waals surface area contributed by atoms with E-state index in [0.29, 0.717) is 39.3 Å². The summed E-state index contributed by atoms with van der Waals surface area (Å²) in [5.74, 6) is 0.103. The largest absolute Gasteiger partial charge is 0.490 e. The Hall–Kier alpha value is -2.60. The van der Waals surface area contributed by atoms with E-state index in [-0.39, 0.29) is 24.5 Å². The molecule has 3 aromatic rings. The van der Waals surface area contributed by atoms with Gasteiger partial charge in [-0.1, -0.05) is 25.4 Å². The van der Waals surface area contributed by atoms with Crippen molar-refractivity contribution in [3.05, 3.63) is 45.2 Å². The zero-order chi connectivity index (χ0) is 20.4. The lowest BCUT2D eigenvalue weighted by atomic mass is 10.1. The summed E-state index contributed by atoms with van der Waals surface area (Å²) >= 11 is 6.36. The summed E-state index contributed by atoms with van der Waals surface area (Å²) in [6.07, 6.45) is 0. The van der Waals surface area contributed by atoms with Crippen LogP contribution in [0.4, 0.5) is 0 Å². The Morgan fingerprint density at radius 2 is 1.86 bits per heavy atom. The Morgan fingerprint density at radius 3 is 2.50 bits per heavy atom. The molecule has 0 radical (unpaired) electrons. The van der Waals surface area contributed by atoms with E-state index < -0.39 is 5.97 Å². The maximum atomic E-state index is 13.1. The Balaban J connectivity index is 2.48. The van der Waals surface area contributed by atoms with Gasteiger partial charge >= 0.3 is 5.97 Å². The molecule has 0 saturated carbocycles. The Morgan fingerprint density at radius 1 is 1.14 bits per heavy atom. The number of carbonyl (C=O) groups is 1. The summed E-state index contributed by atoms with van der Waals surface area (Å²) in [5, 5.41) is 1.22. The van der Waals surface area contributed by atoms with E-state index in [9.17, 15) is 9.59 Å². The molecular formula is C21H23ClN2O4. The molecular weight excluding hydrogens is 380 g/mol. The van der Waals surface area contributed by atoms with Gasteiger partial charge in [0.2, 0.25) is 0 Å². The first-order valence-corrected chi connectivity index (χ1v) is 9.70. The highest BCUT2D eigenvalue weighted by Gasteiger charge is 2.20. The van der Waals surface area contributed by atoms with Crippen LogP contribution in [0, 0.1) is 0 Å². The van der Waals surface area contributed by atoms with Crippen LogP contribution in [-0.4, -0.2) is 28.7 Å². The second-order valence-electron chi connectivity index (χ2n) is 6.69. The predicted octanol–water partition coefficient (Wildman–Crippen LogP) is 4.29. The topological polar surface area (TPSA) is 70.4 Å². The average molecular weight is 403 g/mol. The number of hydrogen-bond donors (Lipinski definition) is 0. The monoisotopic (exact) mass is 402 g/mol. The van der Waals surface area contributed by atoms with Gasteiger partial charge in [-0.25, -0.2) is 4.98 Å². The van der Waals surface area contributed by atoms with Gasteiger partial charge in [-0.05, 0) is 44.0 Å². The molecule has 0 N–H and O–H groups in total. The smallest absolute Gasteiger partial charge is 0.326 e. The van der Waals surface area contributed by atoms with E-state index in [1.807, 2.05) is 26.8 Å². The van der Waals surface area contributed by atoms with Gasteiger partial charge in [0, 0.05) is 5.69 Å². The van der Waals surface area contributed by atoms with E-state index in [2.05, 4.69) is 4.98 Å². The van der Waals surface area contributed by atoms with Gasteiger partial charge in [-0.2, -0.15) is 0 Å². The van der Waals surface area contributed by atoms with Crippen molar-refractivity contribution in [3.63, 3.8) is 0 Å². The fourth-order valence-corrected chi connectivity index (χ4v) is 3.39. The number of benzene rings is 1. The number of aromatic nitrogens is 2. The molecule has 28 heavy (non-hydrogen) atoms.